The number of nitriles is 1. The van der Waals surface area contributed by atoms with E-state index in [2.05, 4.69) is 21.7 Å². The molecule has 0 fully saturated rings. The van der Waals surface area contributed by atoms with E-state index in [1.54, 1.807) is 37.5 Å². The Balaban J connectivity index is 1.99. The Morgan fingerprint density at radius 3 is 2.70 bits per heavy atom. The first-order chi connectivity index (χ1) is 9.72. The van der Waals surface area contributed by atoms with Crippen molar-refractivity contribution >= 4 is 11.7 Å². The van der Waals surface area contributed by atoms with Gasteiger partial charge in [-0.3, -0.25) is 4.79 Å². The summed E-state index contributed by atoms with van der Waals surface area (Å²) in [4.78, 5) is 16.0. The maximum atomic E-state index is 12.0. The normalized spacial score (nSPS) is 9.60. The van der Waals surface area contributed by atoms with Gasteiger partial charge in [-0.05, 0) is 29.8 Å². The lowest BCUT2D eigenvalue weighted by Crippen LogP contribution is -2.22. The van der Waals surface area contributed by atoms with Gasteiger partial charge in [0.2, 0.25) is 0 Å². The van der Waals surface area contributed by atoms with Crippen LogP contribution in [0.5, 0.6) is 0 Å². The number of nitrogens with zero attached hydrogens (tertiary/aromatic N) is 2. The van der Waals surface area contributed by atoms with Gasteiger partial charge in [0.05, 0.1) is 11.6 Å². The molecule has 0 aliphatic carbocycles. The predicted octanol–water partition coefficient (Wildman–Crippen LogP) is 1.92. The fourth-order valence-corrected chi connectivity index (χ4v) is 1.69. The average Bonchev–Trinajstić information content (AvgIpc) is 2.53. The molecular formula is C15H14N4O. The summed E-state index contributed by atoms with van der Waals surface area (Å²) < 4.78 is 0. The lowest BCUT2D eigenvalue weighted by atomic mass is 10.1. The summed E-state index contributed by atoms with van der Waals surface area (Å²) >= 11 is 0. The van der Waals surface area contributed by atoms with Gasteiger partial charge in [0, 0.05) is 25.4 Å². The van der Waals surface area contributed by atoms with Crippen LogP contribution in [-0.2, 0) is 6.54 Å². The number of aromatic nitrogens is 1. The molecule has 100 valence electrons. The molecule has 2 aromatic rings. The molecule has 1 aromatic carbocycles. The van der Waals surface area contributed by atoms with Gasteiger partial charge in [-0.15, -0.1) is 0 Å². The monoisotopic (exact) mass is 266 g/mol. The molecule has 0 saturated heterocycles. The molecule has 0 spiro atoms. The smallest absolute Gasteiger partial charge is 0.251 e. The summed E-state index contributed by atoms with van der Waals surface area (Å²) in [5.41, 5.74) is 2.10. The van der Waals surface area contributed by atoms with Crippen molar-refractivity contribution in [2.24, 2.45) is 0 Å². The minimum atomic E-state index is -0.159. The molecule has 0 radical (unpaired) electrons. The van der Waals surface area contributed by atoms with Crippen molar-refractivity contribution in [3.63, 3.8) is 0 Å². The Labute approximate surface area is 117 Å². The molecule has 0 atom stereocenters. The Morgan fingerprint density at radius 1 is 1.30 bits per heavy atom. The van der Waals surface area contributed by atoms with Crippen molar-refractivity contribution < 1.29 is 4.79 Å². The second kappa shape index (κ2) is 6.34. The first kappa shape index (κ1) is 13.6. The molecule has 2 rings (SSSR count). The second-order valence-corrected chi connectivity index (χ2v) is 4.17. The van der Waals surface area contributed by atoms with E-state index in [1.165, 1.54) is 0 Å². The highest BCUT2D eigenvalue weighted by Gasteiger charge is 2.06. The van der Waals surface area contributed by atoms with Gasteiger partial charge < -0.3 is 10.6 Å². The topological polar surface area (TPSA) is 77.8 Å². The fourth-order valence-electron chi connectivity index (χ4n) is 1.69. The summed E-state index contributed by atoms with van der Waals surface area (Å²) in [5, 5.41) is 14.4. The van der Waals surface area contributed by atoms with Crippen LogP contribution >= 0.6 is 0 Å². The molecule has 0 aliphatic heterocycles. The van der Waals surface area contributed by atoms with E-state index in [1.807, 2.05) is 12.1 Å². The highest BCUT2D eigenvalue weighted by Crippen LogP contribution is 2.07. The van der Waals surface area contributed by atoms with E-state index in [9.17, 15) is 4.79 Å². The van der Waals surface area contributed by atoms with Gasteiger partial charge in [0.25, 0.3) is 5.91 Å². The average molecular weight is 266 g/mol. The standard InChI is InChI=1S/C15H14N4O/c1-17-14-8-13(6-7-18-14)15(20)19-10-12-4-2-11(9-16)3-5-12/h2-8H,10H2,1H3,(H,17,18)(H,19,20). The number of anilines is 1. The Kier molecular flexibility index (Phi) is 4.30. The summed E-state index contributed by atoms with van der Waals surface area (Å²) in [6.45, 7) is 0.418. The summed E-state index contributed by atoms with van der Waals surface area (Å²) in [7, 11) is 1.75. The Morgan fingerprint density at radius 2 is 2.05 bits per heavy atom. The number of carbonyl (C=O) groups is 1. The predicted molar refractivity (Wildman–Crippen MR) is 76.1 cm³/mol. The van der Waals surface area contributed by atoms with Gasteiger partial charge in [-0.2, -0.15) is 5.26 Å². The maximum Gasteiger partial charge on any atom is 0.251 e. The van der Waals surface area contributed by atoms with Crippen LogP contribution in [0.2, 0.25) is 0 Å². The van der Waals surface area contributed by atoms with Crippen LogP contribution in [0, 0.1) is 11.3 Å². The molecule has 5 heteroatoms. The fraction of sp³-hybridized carbons (Fsp3) is 0.133. The summed E-state index contributed by atoms with van der Waals surface area (Å²) in [5.74, 6) is 0.490. The van der Waals surface area contributed by atoms with Crippen LogP contribution < -0.4 is 10.6 Å². The lowest BCUT2D eigenvalue weighted by molar-refractivity contribution is 0.0951. The van der Waals surface area contributed by atoms with Gasteiger partial charge in [0.15, 0.2) is 0 Å². The zero-order chi connectivity index (χ0) is 14.4. The minimum Gasteiger partial charge on any atom is -0.373 e. The van der Waals surface area contributed by atoms with Crippen LogP contribution in [0.3, 0.4) is 0 Å². The molecule has 1 aromatic heterocycles. The van der Waals surface area contributed by atoms with Crippen molar-refractivity contribution in [3.05, 3.63) is 59.3 Å². The van der Waals surface area contributed by atoms with Gasteiger partial charge >= 0.3 is 0 Å². The largest absolute Gasteiger partial charge is 0.373 e. The quantitative estimate of drug-likeness (QED) is 0.886. The molecule has 1 heterocycles. The highest BCUT2D eigenvalue weighted by molar-refractivity contribution is 5.94. The molecule has 5 nitrogen and oxygen atoms in total. The van der Waals surface area contributed by atoms with E-state index >= 15 is 0 Å². The van der Waals surface area contributed by atoms with Crippen LogP contribution in [-0.4, -0.2) is 17.9 Å². The second-order valence-electron chi connectivity index (χ2n) is 4.17. The third-order valence-corrected chi connectivity index (χ3v) is 2.81. The van der Waals surface area contributed by atoms with Gasteiger partial charge in [-0.25, -0.2) is 4.98 Å². The van der Waals surface area contributed by atoms with Crippen LogP contribution in [0.1, 0.15) is 21.5 Å². The summed E-state index contributed by atoms with van der Waals surface area (Å²) in [6.07, 6.45) is 1.59. The first-order valence-electron chi connectivity index (χ1n) is 6.14. The van der Waals surface area contributed by atoms with E-state index in [4.69, 9.17) is 5.26 Å². The van der Waals surface area contributed by atoms with E-state index in [0.717, 1.165) is 5.56 Å². The summed E-state index contributed by atoms with van der Waals surface area (Å²) in [6, 6.07) is 12.5. The number of benzene rings is 1. The Hall–Kier alpha value is -2.87. The first-order valence-corrected chi connectivity index (χ1v) is 6.14. The van der Waals surface area contributed by atoms with Crippen molar-refractivity contribution in [1.82, 2.24) is 10.3 Å². The Bertz CT molecular complexity index is 644. The van der Waals surface area contributed by atoms with Crippen LogP contribution in [0.4, 0.5) is 5.82 Å². The molecule has 2 N–H and O–H groups in total. The third-order valence-electron chi connectivity index (χ3n) is 2.81. The van der Waals surface area contributed by atoms with Crippen LogP contribution in [0.15, 0.2) is 42.6 Å². The van der Waals surface area contributed by atoms with Gasteiger partial charge in [-0.1, -0.05) is 12.1 Å². The molecule has 20 heavy (non-hydrogen) atoms. The minimum absolute atomic E-state index is 0.159. The van der Waals surface area contributed by atoms with Gasteiger partial charge in [0.1, 0.15) is 5.82 Å². The zero-order valence-corrected chi connectivity index (χ0v) is 11.1. The van der Waals surface area contributed by atoms with E-state index in [-0.39, 0.29) is 5.91 Å². The van der Waals surface area contributed by atoms with Crippen molar-refractivity contribution in [3.8, 4) is 6.07 Å². The number of pyridine rings is 1. The maximum absolute atomic E-state index is 12.0. The number of nitrogens with one attached hydrogen (secondary N) is 2. The molecule has 1 amide bonds. The third kappa shape index (κ3) is 3.33. The highest BCUT2D eigenvalue weighted by atomic mass is 16.1. The van der Waals surface area contributed by atoms with Crippen LogP contribution in [0.25, 0.3) is 0 Å². The van der Waals surface area contributed by atoms with E-state index in [0.29, 0.717) is 23.5 Å². The number of rotatable bonds is 4. The van der Waals surface area contributed by atoms with Crippen molar-refractivity contribution in [1.29, 1.82) is 5.26 Å². The lowest BCUT2D eigenvalue weighted by Gasteiger charge is -2.06. The molecule has 0 bridgehead atoms. The SMILES string of the molecule is CNc1cc(C(=O)NCc2ccc(C#N)cc2)ccn1. The number of amides is 1. The number of hydrogen-bond donors (Lipinski definition) is 2. The molecular weight excluding hydrogens is 252 g/mol. The number of hydrogen-bond acceptors (Lipinski definition) is 4. The van der Waals surface area contributed by atoms with E-state index < -0.39 is 0 Å². The molecule has 0 aliphatic rings. The molecule has 0 saturated carbocycles. The van der Waals surface area contributed by atoms with Crippen molar-refractivity contribution in [2.75, 3.05) is 12.4 Å². The van der Waals surface area contributed by atoms with Crippen molar-refractivity contribution in [2.45, 2.75) is 6.54 Å². The molecule has 0 unspecified atom stereocenters. The number of carbonyl (C=O) groups excluding carboxylic acids is 1. The zero-order valence-electron chi connectivity index (χ0n) is 11.1.